The Hall–Kier alpha value is -5.37. The zero-order valence-electron chi connectivity index (χ0n) is 21.9. The molecule has 9 rings (SSSR count). The molecule has 0 aliphatic carbocycles. The van der Waals surface area contributed by atoms with E-state index in [4.69, 9.17) is 6.57 Å². The van der Waals surface area contributed by atoms with E-state index in [9.17, 15) is 0 Å². The predicted molar refractivity (Wildman–Crippen MR) is 174 cm³/mol. The van der Waals surface area contributed by atoms with Gasteiger partial charge in [-0.1, -0.05) is 72.8 Å². The first-order valence-electron chi connectivity index (χ1n) is 13.6. The monoisotopic (exact) mass is 539 g/mol. The fraction of sp³-hybridized carbons (Fsp3) is 0. The highest BCUT2D eigenvalue weighted by molar-refractivity contribution is 7.25. The second kappa shape index (κ2) is 8.32. The van der Waals surface area contributed by atoms with Gasteiger partial charge in [0.1, 0.15) is 0 Å². The number of rotatable bonds is 2. The number of nitrogens with zero attached hydrogens (tertiary/aromatic N) is 3. The molecule has 3 heterocycles. The van der Waals surface area contributed by atoms with Crippen LogP contribution < -0.4 is 0 Å². The summed E-state index contributed by atoms with van der Waals surface area (Å²) in [5.74, 6) is 0. The molecule has 0 saturated carbocycles. The van der Waals surface area contributed by atoms with E-state index >= 15 is 0 Å². The highest BCUT2D eigenvalue weighted by Gasteiger charge is 2.17. The van der Waals surface area contributed by atoms with Gasteiger partial charge in [0.25, 0.3) is 0 Å². The Morgan fingerprint density at radius 3 is 1.54 bits per heavy atom. The molecule has 3 aromatic heterocycles. The van der Waals surface area contributed by atoms with Gasteiger partial charge in [-0.2, -0.15) is 0 Å². The van der Waals surface area contributed by atoms with E-state index in [1.165, 1.54) is 42.0 Å². The topological polar surface area (TPSA) is 14.2 Å². The van der Waals surface area contributed by atoms with Crippen LogP contribution >= 0.6 is 11.3 Å². The summed E-state index contributed by atoms with van der Waals surface area (Å²) in [6, 6.07) is 45.4. The van der Waals surface area contributed by atoms with Crippen LogP contribution in [0.25, 0.3) is 80.0 Å². The maximum Gasteiger partial charge on any atom is 0.211 e. The van der Waals surface area contributed by atoms with Gasteiger partial charge in [-0.15, -0.1) is 11.3 Å². The number of thiophene rings is 1. The van der Waals surface area contributed by atoms with Gasteiger partial charge in [0.15, 0.2) is 0 Å². The summed E-state index contributed by atoms with van der Waals surface area (Å²) in [7, 11) is 0. The van der Waals surface area contributed by atoms with Crippen molar-refractivity contribution in [2.75, 3.05) is 0 Å². The fourth-order valence-corrected chi connectivity index (χ4v) is 7.66. The van der Waals surface area contributed by atoms with Crippen LogP contribution in [0.3, 0.4) is 0 Å². The Labute approximate surface area is 239 Å². The maximum atomic E-state index is 7.89. The predicted octanol–water partition coefficient (Wildman–Crippen LogP) is 10.8. The molecule has 0 aliphatic rings. The van der Waals surface area contributed by atoms with Crippen molar-refractivity contribution in [2.45, 2.75) is 0 Å². The van der Waals surface area contributed by atoms with Crippen molar-refractivity contribution in [3.63, 3.8) is 0 Å². The molecule has 0 bridgehead atoms. The highest BCUT2D eigenvalue weighted by Crippen LogP contribution is 2.41. The smallest absolute Gasteiger partial charge is 0.211 e. The summed E-state index contributed by atoms with van der Waals surface area (Å²) < 4.78 is 7.17. The van der Waals surface area contributed by atoms with Crippen molar-refractivity contribution in [2.24, 2.45) is 0 Å². The Morgan fingerprint density at radius 1 is 0.463 bits per heavy atom. The summed E-state index contributed by atoms with van der Waals surface area (Å²) in [6.45, 7) is 7.89. The summed E-state index contributed by atoms with van der Waals surface area (Å²) in [6.07, 6.45) is 0. The van der Waals surface area contributed by atoms with Gasteiger partial charge in [0.2, 0.25) is 5.69 Å². The third-order valence-corrected chi connectivity index (χ3v) is 9.48. The highest BCUT2D eigenvalue weighted by atomic mass is 32.1. The van der Waals surface area contributed by atoms with Gasteiger partial charge >= 0.3 is 0 Å². The van der Waals surface area contributed by atoms with Gasteiger partial charge < -0.3 is 9.13 Å². The largest absolute Gasteiger partial charge is 0.319 e. The SMILES string of the molecule is [C-]#[N+]c1cccc2c3ccccc3n(-c3ccc4sc5ccc(-n6c7ccccc7c7ccccc76)cc5c4c3)c12. The van der Waals surface area contributed by atoms with E-state index < -0.39 is 0 Å². The van der Waals surface area contributed by atoms with Crippen molar-refractivity contribution >= 4 is 80.8 Å². The molecule has 0 radical (unpaired) electrons. The van der Waals surface area contributed by atoms with E-state index in [1.54, 1.807) is 0 Å². The molecule has 0 atom stereocenters. The average Bonchev–Trinajstić information content (AvgIpc) is 3.68. The van der Waals surface area contributed by atoms with Crippen molar-refractivity contribution in [3.8, 4) is 11.4 Å². The molecule has 0 saturated heterocycles. The van der Waals surface area contributed by atoms with Crippen LogP contribution in [-0.2, 0) is 0 Å². The number of benzene rings is 6. The third-order valence-electron chi connectivity index (χ3n) is 8.33. The number of hydrogen-bond donors (Lipinski definition) is 0. The lowest BCUT2D eigenvalue weighted by Crippen LogP contribution is -1.94. The zero-order valence-corrected chi connectivity index (χ0v) is 22.7. The van der Waals surface area contributed by atoms with Crippen LogP contribution in [0.15, 0.2) is 127 Å². The number of hydrogen-bond acceptors (Lipinski definition) is 1. The second-order valence-corrected chi connectivity index (χ2v) is 11.6. The quantitative estimate of drug-likeness (QED) is 0.194. The lowest BCUT2D eigenvalue weighted by atomic mass is 10.1. The molecule has 0 amide bonds. The molecule has 0 N–H and O–H groups in total. The van der Waals surface area contributed by atoms with E-state index in [0.717, 1.165) is 33.2 Å². The Morgan fingerprint density at radius 2 is 0.951 bits per heavy atom. The molecule has 41 heavy (non-hydrogen) atoms. The van der Waals surface area contributed by atoms with E-state index in [0.29, 0.717) is 5.69 Å². The number of fused-ring (bicyclic) bond motifs is 9. The summed E-state index contributed by atoms with van der Waals surface area (Å²) in [4.78, 5) is 3.90. The normalized spacial score (nSPS) is 11.9. The zero-order chi connectivity index (χ0) is 27.1. The minimum absolute atomic E-state index is 0.669. The summed E-state index contributed by atoms with van der Waals surface area (Å²) in [5, 5.41) is 7.29. The molecule has 6 aromatic carbocycles. The first-order valence-corrected chi connectivity index (χ1v) is 14.5. The molecule has 190 valence electrons. The number of aromatic nitrogens is 2. The fourth-order valence-electron chi connectivity index (χ4n) is 6.59. The van der Waals surface area contributed by atoms with Crippen molar-refractivity contribution in [1.29, 1.82) is 0 Å². The molecule has 3 nitrogen and oxygen atoms in total. The average molecular weight is 540 g/mol. The third kappa shape index (κ3) is 3.07. The minimum Gasteiger partial charge on any atom is -0.319 e. The van der Waals surface area contributed by atoms with Gasteiger partial charge in [0, 0.05) is 47.7 Å². The van der Waals surface area contributed by atoms with Crippen molar-refractivity contribution < 1.29 is 0 Å². The van der Waals surface area contributed by atoms with Crippen molar-refractivity contribution in [1.82, 2.24) is 9.13 Å². The Kier molecular flexibility index (Phi) is 4.55. The van der Waals surface area contributed by atoms with Gasteiger partial charge in [0.05, 0.1) is 28.6 Å². The summed E-state index contributed by atoms with van der Waals surface area (Å²) >= 11 is 1.83. The minimum atomic E-state index is 0.669. The lowest BCUT2D eigenvalue weighted by Gasteiger charge is -2.10. The van der Waals surface area contributed by atoms with Gasteiger partial charge in [-0.05, 0) is 60.0 Å². The molecule has 0 aliphatic heterocycles. The summed E-state index contributed by atoms with van der Waals surface area (Å²) in [5.41, 5.74) is 7.41. The molecule has 0 fully saturated rings. The molecule has 0 spiro atoms. The van der Waals surface area contributed by atoms with Gasteiger partial charge in [-0.3, -0.25) is 0 Å². The molecular formula is C37H21N3S. The van der Waals surface area contributed by atoms with E-state index in [-0.39, 0.29) is 0 Å². The second-order valence-electron chi connectivity index (χ2n) is 10.5. The first kappa shape index (κ1) is 22.4. The number of para-hydroxylation sites is 4. The van der Waals surface area contributed by atoms with E-state index in [2.05, 4.69) is 129 Å². The van der Waals surface area contributed by atoms with E-state index in [1.807, 2.05) is 23.5 Å². The van der Waals surface area contributed by atoms with Crippen LogP contribution in [0.2, 0.25) is 0 Å². The van der Waals surface area contributed by atoms with Crippen molar-refractivity contribution in [3.05, 3.63) is 139 Å². The molecule has 4 heteroatoms. The van der Waals surface area contributed by atoms with Crippen LogP contribution in [-0.4, -0.2) is 9.13 Å². The maximum absolute atomic E-state index is 7.89. The standard InChI is InChI=1S/C37H21N3S/c1-38-31-13-8-12-28-27-11-4-7-16-34(27)40(37(28)31)24-18-20-36-30(22-24)29-21-23(17-19-35(29)41-36)39-32-14-5-2-9-25(32)26-10-3-6-15-33(26)39/h2-22H. The van der Waals surface area contributed by atoms with Crippen LogP contribution in [0.4, 0.5) is 5.69 Å². The first-order chi connectivity index (χ1) is 20.3. The Bertz CT molecular complexity index is 2500. The molecular weight excluding hydrogens is 518 g/mol. The van der Waals surface area contributed by atoms with Crippen LogP contribution in [0.1, 0.15) is 0 Å². The van der Waals surface area contributed by atoms with Crippen LogP contribution in [0.5, 0.6) is 0 Å². The Balaban J connectivity index is 1.33. The lowest BCUT2D eigenvalue weighted by molar-refractivity contribution is 1.19. The molecule has 0 unspecified atom stereocenters. The van der Waals surface area contributed by atoms with Crippen LogP contribution in [0, 0.1) is 6.57 Å². The molecule has 9 aromatic rings. The van der Waals surface area contributed by atoms with Gasteiger partial charge in [-0.25, -0.2) is 4.85 Å².